The number of carbonyl (C=O) groups is 2. The second-order valence-electron chi connectivity index (χ2n) is 3.79. The second-order valence-corrected chi connectivity index (χ2v) is 3.79. The maximum atomic E-state index is 13.1. The molecule has 5 nitrogen and oxygen atoms in total. The topological polar surface area (TPSA) is 66.8 Å². The molecule has 1 aromatic rings. The van der Waals surface area contributed by atoms with E-state index in [0.717, 1.165) is 18.2 Å². The number of phenolic OH excluding ortho intramolecular Hbond substituents is 1. The summed E-state index contributed by atoms with van der Waals surface area (Å²) in [6, 6.07) is 3.08. The fourth-order valence-electron chi connectivity index (χ4n) is 1.54. The number of nitrogens with zero attached hydrogens (tertiary/aromatic N) is 1. The van der Waals surface area contributed by atoms with Crippen molar-refractivity contribution in [2.24, 2.45) is 0 Å². The first-order valence-electron chi connectivity index (χ1n) is 5.93. The van der Waals surface area contributed by atoms with Crippen LogP contribution in [0.5, 0.6) is 5.75 Å². The van der Waals surface area contributed by atoms with Gasteiger partial charge in [-0.25, -0.2) is 4.39 Å². The lowest BCUT2D eigenvalue weighted by Gasteiger charge is -2.20. The molecular formula is C13H16FNO4. The Labute approximate surface area is 110 Å². The Morgan fingerprint density at radius 1 is 1.37 bits per heavy atom. The number of halogens is 1. The van der Waals surface area contributed by atoms with Gasteiger partial charge in [-0.2, -0.15) is 0 Å². The number of amides is 1. The number of carbonyl (C=O) groups excluding carboxylic acids is 2. The van der Waals surface area contributed by atoms with Crippen LogP contribution in [0.1, 0.15) is 24.2 Å². The molecule has 104 valence electrons. The maximum absolute atomic E-state index is 13.1. The van der Waals surface area contributed by atoms with Gasteiger partial charge in [-0.1, -0.05) is 0 Å². The van der Waals surface area contributed by atoms with Gasteiger partial charge in [0.15, 0.2) is 0 Å². The number of phenols is 1. The SMILES string of the molecule is CCOC(=O)CN(CC)C(=O)c1cc(F)ccc1O. The van der Waals surface area contributed by atoms with E-state index in [9.17, 15) is 19.1 Å². The molecule has 0 aliphatic carbocycles. The van der Waals surface area contributed by atoms with Crippen molar-refractivity contribution < 1.29 is 23.8 Å². The molecule has 0 aliphatic heterocycles. The van der Waals surface area contributed by atoms with Crippen molar-refractivity contribution >= 4 is 11.9 Å². The number of rotatable bonds is 5. The predicted octanol–water partition coefficient (Wildman–Crippen LogP) is 1.56. The third-order valence-electron chi connectivity index (χ3n) is 2.48. The van der Waals surface area contributed by atoms with Gasteiger partial charge in [-0.15, -0.1) is 0 Å². The van der Waals surface area contributed by atoms with Crippen molar-refractivity contribution in [2.45, 2.75) is 13.8 Å². The van der Waals surface area contributed by atoms with E-state index in [2.05, 4.69) is 0 Å². The van der Waals surface area contributed by atoms with E-state index < -0.39 is 17.7 Å². The van der Waals surface area contributed by atoms with Crippen LogP contribution >= 0.6 is 0 Å². The Morgan fingerprint density at radius 3 is 2.63 bits per heavy atom. The summed E-state index contributed by atoms with van der Waals surface area (Å²) in [6.07, 6.45) is 0. The van der Waals surface area contributed by atoms with Crippen LogP contribution in [0.4, 0.5) is 4.39 Å². The lowest BCUT2D eigenvalue weighted by molar-refractivity contribution is -0.143. The molecule has 1 amide bonds. The summed E-state index contributed by atoms with van der Waals surface area (Å²) in [7, 11) is 0. The molecule has 1 aromatic carbocycles. The lowest BCUT2D eigenvalue weighted by atomic mass is 10.1. The highest BCUT2D eigenvalue weighted by Gasteiger charge is 2.21. The van der Waals surface area contributed by atoms with Crippen LogP contribution in [0, 0.1) is 5.82 Å². The van der Waals surface area contributed by atoms with Gasteiger partial charge in [0.05, 0.1) is 12.2 Å². The number of esters is 1. The van der Waals surface area contributed by atoms with E-state index in [0.29, 0.717) is 0 Å². The lowest BCUT2D eigenvalue weighted by Crippen LogP contribution is -2.36. The highest BCUT2D eigenvalue weighted by atomic mass is 19.1. The Bertz CT molecular complexity index is 476. The van der Waals surface area contributed by atoms with Gasteiger partial charge in [0.2, 0.25) is 0 Å². The van der Waals surface area contributed by atoms with Crippen molar-refractivity contribution in [3.8, 4) is 5.75 Å². The largest absolute Gasteiger partial charge is 0.507 e. The summed E-state index contributed by atoms with van der Waals surface area (Å²) < 4.78 is 17.8. The summed E-state index contributed by atoms with van der Waals surface area (Å²) >= 11 is 0. The molecule has 1 N–H and O–H groups in total. The summed E-state index contributed by atoms with van der Waals surface area (Å²) in [5.74, 6) is -2.12. The molecule has 1 rings (SSSR count). The molecule has 0 saturated heterocycles. The van der Waals surface area contributed by atoms with E-state index in [4.69, 9.17) is 4.74 Å². The van der Waals surface area contributed by atoms with Crippen molar-refractivity contribution in [1.82, 2.24) is 4.90 Å². The second kappa shape index (κ2) is 6.72. The van der Waals surface area contributed by atoms with Crippen LogP contribution in [-0.4, -0.2) is 41.6 Å². The van der Waals surface area contributed by atoms with E-state index in [1.54, 1.807) is 13.8 Å². The normalized spacial score (nSPS) is 10.1. The molecule has 0 aliphatic rings. The molecule has 0 atom stereocenters. The van der Waals surface area contributed by atoms with E-state index in [1.165, 1.54) is 4.90 Å². The highest BCUT2D eigenvalue weighted by Crippen LogP contribution is 2.19. The first-order chi connectivity index (χ1) is 8.99. The minimum absolute atomic E-state index is 0.175. The first kappa shape index (κ1) is 14.9. The van der Waals surface area contributed by atoms with Crippen LogP contribution < -0.4 is 0 Å². The molecule has 0 heterocycles. The fourth-order valence-corrected chi connectivity index (χ4v) is 1.54. The average molecular weight is 269 g/mol. The number of aromatic hydroxyl groups is 1. The zero-order chi connectivity index (χ0) is 14.4. The van der Waals surface area contributed by atoms with Crippen LogP contribution in [-0.2, 0) is 9.53 Å². The van der Waals surface area contributed by atoms with Crippen molar-refractivity contribution in [1.29, 1.82) is 0 Å². The average Bonchev–Trinajstić information content (AvgIpc) is 2.38. The quantitative estimate of drug-likeness (QED) is 0.824. The molecule has 0 radical (unpaired) electrons. The summed E-state index contributed by atoms with van der Waals surface area (Å²) in [4.78, 5) is 24.6. The van der Waals surface area contributed by atoms with E-state index >= 15 is 0 Å². The van der Waals surface area contributed by atoms with Gasteiger partial charge in [0.25, 0.3) is 5.91 Å². The molecule has 6 heteroatoms. The fraction of sp³-hybridized carbons (Fsp3) is 0.385. The maximum Gasteiger partial charge on any atom is 0.325 e. The minimum atomic E-state index is -0.631. The molecule has 0 fully saturated rings. The van der Waals surface area contributed by atoms with Crippen LogP contribution in [0.3, 0.4) is 0 Å². The molecule has 19 heavy (non-hydrogen) atoms. The predicted molar refractivity (Wildman–Crippen MR) is 66.3 cm³/mol. The van der Waals surface area contributed by atoms with Crippen LogP contribution in [0.2, 0.25) is 0 Å². The molecule has 0 bridgehead atoms. The molecule has 0 unspecified atom stereocenters. The van der Waals surface area contributed by atoms with Crippen molar-refractivity contribution in [3.63, 3.8) is 0 Å². The molecule has 0 spiro atoms. The Hall–Kier alpha value is -2.11. The van der Waals surface area contributed by atoms with E-state index in [-0.39, 0.29) is 31.0 Å². The number of hydrogen-bond acceptors (Lipinski definition) is 4. The van der Waals surface area contributed by atoms with Gasteiger partial charge in [0.1, 0.15) is 18.1 Å². The van der Waals surface area contributed by atoms with Gasteiger partial charge in [-0.3, -0.25) is 9.59 Å². The van der Waals surface area contributed by atoms with Gasteiger partial charge >= 0.3 is 5.97 Å². The molecular weight excluding hydrogens is 253 g/mol. The summed E-state index contributed by atoms with van der Waals surface area (Å²) in [5, 5.41) is 9.56. The van der Waals surface area contributed by atoms with Gasteiger partial charge < -0.3 is 14.7 Å². The summed E-state index contributed by atoms with van der Waals surface area (Å²) in [6.45, 7) is 3.56. The van der Waals surface area contributed by atoms with Gasteiger partial charge in [-0.05, 0) is 32.0 Å². The Kier molecular flexibility index (Phi) is 5.29. The third-order valence-corrected chi connectivity index (χ3v) is 2.48. The minimum Gasteiger partial charge on any atom is -0.507 e. The number of ether oxygens (including phenoxy) is 1. The van der Waals surface area contributed by atoms with E-state index in [1.807, 2.05) is 0 Å². The third kappa shape index (κ3) is 3.94. The zero-order valence-electron chi connectivity index (χ0n) is 10.9. The Balaban J connectivity index is 2.89. The van der Waals surface area contributed by atoms with Crippen LogP contribution in [0.15, 0.2) is 18.2 Å². The number of benzene rings is 1. The zero-order valence-corrected chi connectivity index (χ0v) is 10.9. The highest BCUT2D eigenvalue weighted by molar-refractivity contribution is 5.98. The van der Waals surface area contributed by atoms with Gasteiger partial charge in [0, 0.05) is 6.54 Å². The molecule has 0 saturated carbocycles. The monoisotopic (exact) mass is 269 g/mol. The van der Waals surface area contributed by atoms with Crippen molar-refractivity contribution in [2.75, 3.05) is 19.7 Å². The Morgan fingerprint density at radius 2 is 2.05 bits per heavy atom. The number of likely N-dealkylation sites (N-methyl/N-ethyl adjacent to an activating group) is 1. The first-order valence-corrected chi connectivity index (χ1v) is 5.93. The number of hydrogen-bond donors (Lipinski definition) is 1. The van der Waals surface area contributed by atoms with Crippen molar-refractivity contribution in [3.05, 3.63) is 29.6 Å². The molecule has 0 aromatic heterocycles. The standard InChI is InChI=1S/C13H16FNO4/c1-3-15(8-12(17)19-4-2)13(18)10-7-9(14)5-6-11(10)16/h5-7,16H,3-4,8H2,1-2H3. The smallest absolute Gasteiger partial charge is 0.325 e. The van der Waals surface area contributed by atoms with Crippen LogP contribution in [0.25, 0.3) is 0 Å². The summed E-state index contributed by atoms with van der Waals surface area (Å²) in [5.41, 5.74) is -0.175.